The van der Waals surface area contributed by atoms with Gasteiger partial charge in [-0.2, -0.15) is 5.10 Å². The Hall–Kier alpha value is -2.58. The average Bonchev–Trinajstić information content (AvgIpc) is 3.43. The molecule has 9 heteroatoms. The molecular formula is C21H26ClN5O3. The number of rotatable bonds is 6. The van der Waals surface area contributed by atoms with E-state index >= 15 is 0 Å². The molecule has 0 radical (unpaired) electrons. The fraction of sp³-hybridized carbons (Fsp3) is 0.476. The van der Waals surface area contributed by atoms with E-state index in [1.165, 1.54) is 0 Å². The van der Waals surface area contributed by atoms with Crippen LogP contribution in [0.25, 0.3) is 0 Å². The zero-order valence-corrected chi connectivity index (χ0v) is 18.0. The van der Waals surface area contributed by atoms with E-state index in [-0.39, 0.29) is 17.9 Å². The summed E-state index contributed by atoms with van der Waals surface area (Å²) in [4.78, 5) is 25.1. The van der Waals surface area contributed by atoms with Crippen LogP contribution in [0.5, 0.6) is 5.75 Å². The predicted molar refractivity (Wildman–Crippen MR) is 113 cm³/mol. The van der Waals surface area contributed by atoms with E-state index in [9.17, 15) is 9.59 Å². The second-order valence-corrected chi connectivity index (χ2v) is 8.87. The SMILES string of the molecule is CC1CC(=O)NC(n2nc(C3CC3)cc2NC(=O)C(C)(C)Oc2ccc(Cl)cc2)N1. The van der Waals surface area contributed by atoms with Crippen molar-refractivity contribution in [2.75, 3.05) is 5.32 Å². The van der Waals surface area contributed by atoms with Gasteiger partial charge < -0.3 is 15.4 Å². The molecule has 8 nitrogen and oxygen atoms in total. The summed E-state index contributed by atoms with van der Waals surface area (Å²) in [5.74, 6) is 1.08. The van der Waals surface area contributed by atoms with Crippen molar-refractivity contribution in [2.24, 2.45) is 0 Å². The van der Waals surface area contributed by atoms with Gasteiger partial charge in [-0.05, 0) is 57.9 Å². The van der Waals surface area contributed by atoms with E-state index in [0.717, 1.165) is 18.5 Å². The van der Waals surface area contributed by atoms with E-state index in [1.54, 1.807) is 42.8 Å². The Kier molecular flexibility index (Phi) is 5.46. The maximum absolute atomic E-state index is 13.1. The third-order valence-electron chi connectivity index (χ3n) is 5.20. The highest BCUT2D eigenvalue weighted by Gasteiger charge is 2.35. The van der Waals surface area contributed by atoms with Gasteiger partial charge in [0.15, 0.2) is 11.9 Å². The number of carbonyl (C=O) groups excluding carboxylic acids is 2. The second kappa shape index (κ2) is 7.92. The van der Waals surface area contributed by atoms with Gasteiger partial charge in [0.05, 0.1) is 5.69 Å². The number of amides is 2. The molecule has 1 aromatic heterocycles. The molecule has 160 valence electrons. The lowest BCUT2D eigenvalue weighted by Crippen LogP contribution is -2.52. The first kappa shape index (κ1) is 20.7. The van der Waals surface area contributed by atoms with Gasteiger partial charge in [0.1, 0.15) is 11.6 Å². The van der Waals surface area contributed by atoms with Gasteiger partial charge in [-0.15, -0.1) is 0 Å². The van der Waals surface area contributed by atoms with Crippen LogP contribution in [-0.2, 0) is 9.59 Å². The number of nitrogens with zero attached hydrogens (tertiary/aromatic N) is 2. The quantitative estimate of drug-likeness (QED) is 0.652. The lowest BCUT2D eigenvalue weighted by Gasteiger charge is -2.31. The lowest BCUT2D eigenvalue weighted by atomic mass is 10.1. The largest absolute Gasteiger partial charge is 0.478 e. The highest BCUT2D eigenvalue weighted by molar-refractivity contribution is 6.30. The maximum Gasteiger partial charge on any atom is 0.269 e. The minimum absolute atomic E-state index is 0.00514. The van der Waals surface area contributed by atoms with E-state index < -0.39 is 11.9 Å². The van der Waals surface area contributed by atoms with E-state index in [1.807, 2.05) is 13.0 Å². The molecule has 30 heavy (non-hydrogen) atoms. The Bertz CT molecular complexity index is 952. The summed E-state index contributed by atoms with van der Waals surface area (Å²) in [5.41, 5.74) is -0.227. The highest BCUT2D eigenvalue weighted by atomic mass is 35.5. The first-order chi connectivity index (χ1) is 14.2. The minimum Gasteiger partial charge on any atom is -0.478 e. The molecule has 0 bridgehead atoms. The molecule has 3 N–H and O–H groups in total. The number of aromatic nitrogens is 2. The van der Waals surface area contributed by atoms with Crippen molar-refractivity contribution < 1.29 is 14.3 Å². The Morgan fingerprint density at radius 1 is 1.30 bits per heavy atom. The molecule has 2 aliphatic rings. The number of anilines is 1. The molecule has 2 amide bonds. The molecule has 2 heterocycles. The normalized spacial score (nSPS) is 21.8. The molecule has 1 aromatic carbocycles. The fourth-order valence-electron chi connectivity index (χ4n) is 3.38. The molecular weight excluding hydrogens is 406 g/mol. The Morgan fingerprint density at radius 3 is 2.63 bits per heavy atom. The van der Waals surface area contributed by atoms with Crippen LogP contribution in [0.3, 0.4) is 0 Å². The molecule has 1 aliphatic heterocycles. The van der Waals surface area contributed by atoms with Gasteiger partial charge in [-0.25, -0.2) is 4.68 Å². The number of benzene rings is 1. The number of nitrogens with one attached hydrogen (secondary N) is 3. The van der Waals surface area contributed by atoms with Crippen molar-refractivity contribution in [3.8, 4) is 5.75 Å². The van der Waals surface area contributed by atoms with Crippen LogP contribution in [-0.4, -0.2) is 33.2 Å². The summed E-state index contributed by atoms with van der Waals surface area (Å²) in [6.45, 7) is 5.34. The molecule has 4 rings (SSSR count). The molecule has 1 saturated heterocycles. The minimum atomic E-state index is -1.14. The Balaban J connectivity index is 1.54. The standard InChI is InChI=1S/C21H26ClN5O3/c1-12-10-18(28)25-20(23-12)27-17(11-16(26-27)13-4-5-13)24-19(29)21(2,3)30-15-8-6-14(22)7-9-15/h6-9,11-13,20,23H,4-5,10H2,1-3H3,(H,24,29)(H,25,28). The van der Waals surface area contributed by atoms with Crippen molar-refractivity contribution in [2.45, 2.75) is 63.9 Å². The van der Waals surface area contributed by atoms with Gasteiger partial charge in [0.25, 0.3) is 5.91 Å². The summed E-state index contributed by atoms with van der Waals surface area (Å²) in [6.07, 6.45) is 2.04. The first-order valence-corrected chi connectivity index (χ1v) is 10.5. The molecule has 1 saturated carbocycles. The number of hydrogen-bond acceptors (Lipinski definition) is 5. The molecule has 1 aliphatic carbocycles. The zero-order chi connectivity index (χ0) is 21.5. The molecule has 2 atom stereocenters. The third-order valence-corrected chi connectivity index (χ3v) is 5.45. The molecule has 2 fully saturated rings. The van der Waals surface area contributed by atoms with Gasteiger partial charge in [-0.1, -0.05) is 11.6 Å². The predicted octanol–water partition coefficient (Wildman–Crippen LogP) is 3.16. The molecule has 0 spiro atoms. The fourth-order valence-corrected chi connectivity index (χ4v) is 3.51. The maximum atomic E-state index is 13.1. The smallest absolute Gasteiger partial charge is 0.269 e. The van der Waals surface area contributed by atoms with Crippen LogP contribution in [0.15, 0.2) is 30.3 Å². The van der Waals surface area contributed by atoms with Crippen LogP contribution < -0.4 is 20.7 Å². The second-order valence-electron chi connectivity index (χ2n) is 8.44. The van der Waals surface area contributed by atoms with E-state index in [0.29, 0.717) is 28.9 Å². The van der Waals surface area contributed by atoms with Crippen LogP contribution in [0.1, 0.15) is 57.9 Å². The van der Waals surface area contributed by atoms with Crippen LogP contribution >= 0.6 is 11.6 Å². The van der Waals surface area contributed by atoms with E-state index in [4.69, 9.17) is 16.3 Å². The van der Waals surface area contributed by atoms with Gasteiger partial charge in [0.2, 0.25) is 5.91 Å². The lowest BCUT2D eigenvalue weighted by molar-refractivity contribution is -0.128. The topological polar surface area (TPSA) is 97.3 Å². The van der Waals surface area contributed by atoms with Crippen molar-refractivity contribution in [3.05, 3.63) is 41.0 Å². The Labute approximate surface area is 180 Å². The van der Waals surface area contributed by atoms with Crippen molar-refractivity contribution in [1.82, 2.24) is 20.4 Å². The summed E-state index contributed by atoms with van der Waals surface area (Å²) in [6, 6.07) is 8.73. The Morgan fingerprint density at radius 2 is 2.00 bits per heavy atom. The van der Waals surface area contributed by atoms with Crippen LogP contribution in [0.4, 0.5) is 5.82 Å². The number of ether oxygens (including phenoxy) is 1. The van der Waals surface area contributed by atoms with Crippen LogP contribution in [0.2, 0.25) is 5.02 Å². The summed E-state index contributed by atoms with van der Waals surface area (Å²) in [7, 11) is 0. The van der Waals surface area contributed by atoms with Gasteiger partial charge >= 0.3 is 0 Å². The molecule has 2 aromatic rings. The third kappa shape index (κ3) is 4.60. The summed E-state index contributed by atoms with van der Waals surface area (Å²) in [5, 5.41) is 14.4. The van der Waals surface area contributed by atoms with Crippen LogP contribution in [0, 0.1) is 0 Å². The summed E-state index contributed by atoms with van der Waals surface area (Å²) >= 11 is 5.92. The van der Waals surface area contributed by atoms with E-state index in [2.05, 4.69) is 21.0 Å². The van der Waals surface area contributed by atoms with Gasteiger partial charge in [-0.3, -0.25) is 14.9 Å². The first-order valence-electron chi connectivity index (χ1n) is 10.1. The van der Waals surface area contributed by atoms with Crippen molar-refractivity contribution in [3.63, 3.8) is 0 Å². The molecule has 2 unspecified atom stereocenters. The number of carbonyl (C=O) groups is 2. The highest BCUT2D eigenvalue weighted by Crippen LogP contribution is 2.40. The monoisotopic (exact) mass is 431 g/mol. The summed E-state index contributed by atoms with van der Waals surface area (Å²) < 4.78 is 7.53. The number of hydrogen-bond donors (Lipinski definition) is 3. The average molecular weight is 432 g/mol. The van der Waals surface area contributed by atoms with Gasteiger partial charge in [0, 0.05) is 29.5 Å². The van der Waals surface area contributed by atoms with Crippen molar-refractivity contribution in [1.29, 1.82) is 0 Å². The zero-order valence-electron chi connectivity index (χ0n) is 17.2. The number of halogens is 1. The van der Waals surface area contributed by atoms with Crippen molar-refractivity contribution >= 4 is 29.2 Å².